The fourth-order valence-corrected chi connectivity index (χ4v) is 4.24. The van der Waals surface area contributed by atoms with Crippen molar-refractivity contribution in [3.63, 3.8) is 0 Å². The van der Waals surface area contributed by atoms with Crippen LogP contribution in [-0.4, -0.2) is 33.6 Å². The molecule has 1 aromatic carbocycles. The van der Waals surface area contributed by atoms with Crippen LogP contribution in [0.2, 0.25) is 0 Å². The Morgan fingerprint density at radius 3 is 2.42 bits per heavy atom. The van der Waals surface area contributed by atoms with E-state index in [1.165, 1.54) is 22.3 Å². The zero-order valence-corrected chi connectivity index (χ0v) is 21.8. The van der Waals surface area contributed by atoms with Gasteiger partial charge in [0.05, 0.1) is 17.6 Å². The van der Waals surface area contributed by atoms with Gasteiger partial charge in [-0.15, -0.1) is 0 Å². The van der Waals surface area contributed by atoms with Crippen LogP contribution in [0.5, 0.6) is 0 Å². The normalized spacial score (nSPS) is 13.7. The molecule has 1 N–H and O–H groups in total. The van der Waals surface area contributed by atoms with Gasteiger partial charge in [-0.3, -0.25) is 9.97 Å². The van der Waals surface area contributed by atoms with Crippen LogP contribution in [0.4, 0.5) is 5.69 Å². The molecule has 0 bridgehead atoms. The summed E-state index contributed by atoms with van der Waals surface area (Å²) in [5.41, 5.74) is 8.50. The van der Waals surface area contributed by atoms with Crippen LogP contribution in [0.15, 0.2) is 91.7 Å². The first-order valence-corrected chi connectivity index (χ1v) is 12.4. The standard InChI is InChI=1S/C31H36N4O/c1-22-20-28(13-16-32-22)26-9-7-25(8-10-26)19-23(2)34-29-11-12-30(33-21-29)27-14-17-35(18-15-27)24(3)36-31(4,5)6/h7-14,16,20-21,34H,2-3,15,17-19H2,1,4-6H3. The van der Waals surface area contributed by atoms with Crippen molar-refractivity contribution in [3.8, 4) is 11.1 Å². The zero-order chi connectivity index (χ0) is 25.7. The van der Waals surface area contributed by atoms with Gasteiger partial charge < -0.3 is 15.0 Å². The molecule has 186 valence electrons. The molecule has 5 nitrogen and oxygen atoms in total. The maximum atomic E-state index is 5.91. The lowest BCUT2D eigenvalue weighted by molar-refractivity contribution is 0.00561. The summed E-state index contributed by atoms with van der Waals surface area (Å²) < 4.78 is 5.91. The SMILES string of the molecule is C=C(Cc1ccc(-c2ccnc(C)c2)cc1)Nc1ccc(C2=CCN(C(=C)OC(C)(C)C)CC2)nc1. The van der Waals surface area contributed by atoms with Crippen molar-refractivity contribution < 1.29 is 4.74 Å². The average molecular weight is 481 g/mol. The number of benzene rings is 1. The Morgan fingerprint density at radius 2 is 1.81 bits per heavy atom. The van der Waals surface area contributed by atoms with Gasteiger partial charge in [-0.25, -0.2) is 0 Å². The number of nitrogens with one attached hydrogen (secondary N) is 1. The lowest BCUT2D eigenvalue weighted by atomic mass is 10.0. The molecule has 3 heterocycles. The van der Waals surface area contributed by atoms with Gasteiger partial charge in [0.2, 0.25) is 0 Å². The number of allylic oxidation sites excluding steroid dienone is 1. The average Bonchev–Trinajstić information content (AvgIpc) is 2.84. The van der Waals surface area contributed by atoms with E-state index in [-0.39, 0.29) is 5.60 Å². The third-order valence-corrected chi connectivity index (χ3v) is 6.00. The molecule has 3 aromatic rings. The maximum absolute atomic E-state index is 5.91. The van der Waals surface area contributed by atoms with E-state index in [0.717, 1.165) is 54.6 Å². The van der Waals surface area contributed by atoms with Crippen LogP contribution >= 0.6 is 0 Å². The number of aromatic nitrogens is 2. The van der Waals surface area contributed by atoms with Gasteiger partial charge >= 0.3 is 0 Å². The van der Waals surface area contributed by atoms with Crippen molar-refractivity contribution in [2.24, 2.45) is 0 Å². The predicted octanol–water partition coefficient (Wildman–Crippen LogP) is 7.00. The molecule has 0 unspecified atom stereocenters. The first-order chi connectivity index (χ1) is 17.2. The molecule has 0 saturated heterocycles. The third kappa shape index (κ3) is 6.85. The summed E-state index contributed by atoms with van der Waals surface area (Å²) in [6.45, 7) is 18.1. The molecule has 4 rings (SSSR count). The summed E-state index contributed by atoms with van der Waals surface area (Å²) >= 11 is 0. The highest BCUT2D eigenvalue weighted by Crippen LogP contribution is 2.26. The number of anilines is 1. The van der Waals surface area contributed by atoms with Crippen molar-refractivity contribution >= 4 is 11.3 Å². The van der Waals surface area contributed by atoms with E-state index in [1.54, 1.807) is 0 Å². The van der Waals surface area contributed by atoms with E-state index in [9.17, 15) is 0 Å². The number of hydrogen-bond acceptors (Lipinski definition) is 5. The topological polar surface area (TPSA) is 50.3 Å². The molecule has 0 amide bonds. The van der Waals surface area contributed by atoms with Crippen LogP contribution in [0.1, 0.15) is 44.1 Å². The molecule has 0 atom stereocenters. The van der Waals surface area contributed by atoms with E-state index >= 15 is 0 Å². The number of hydrogen-bond donors (Lipinski definition) is 1. The smallest absolute Gasteiger partial charge is 0.182 e. The van der Waals surface area contributed by atoms with E-state index < -0.39 is 0 Å². The summed E-state index contributed by atoms with van der Waals surface area (Å²) in [7, 11) is 0. The van der Waals surface area contributed by atoms with Gasteiger partial charge in [0.15, 0.2) is 5.88 Å². The number of nitrogens with zero attached hydrogens (tertiary/aromatic N) is 3. The van der Waals surface area contributed by atoms with Gasteiger partial charge in [0.1, 0.15) is 5.60 Å². The van der Waals surface area contributed by atoms with Gasteiger partial charge in [0.25, 0.3) is 0 Å². The van der Waals surface area contributed by atoms with Crippen LogP contribution in [0.25, 0.3) is 16.7 Å². The first kappa shape index (κ1) is 25.2. The summed E-state index contributed by atoms with van der Waals surface area (Å²) in [6.07, 6.45) is 7.60. The second-order valence-corrected chi connectivity index (χ2v) is 10.3. The molecule has 0 spiro atoms. The minimum absolute atomic E-state index is 0.238. The molecule has 0 fully saturated rings. The molecular formula is C31H36N4O. The Morgan fingerprint density at radius 1 is 1.03 bits per heavy atom. The number of aryl methyl sites for hydroxylation is 1. The lowest BCUT2D eigenvalue weighted by Crippen LogP contribution is -2.32. The van der Waals surface area contributed by atoms with Crippen molar-refractivity contribution in [1.29, 1.82) is 0 Å². The number of ether oxygens (including phenoxy) is 1. The molecule has 0 radical (unpaired) electrons. The predicted molar refractivity (Wildman–Crippen MR) is 149 cm³/mol. The van der Waals surface area contributed by atoms with E-state index in [0.29, 0.717) is 0 Å². The Kier molecular flexibility index (Phi) is 7.58. The summed E-state index contributed by atoms with van der Waals surface area (Å²) in [6, 6.07) is 16.9. The van der Waals surface area contributed by atoms with Crippen LogP contribution < -0.4 is 5.32 Å². The van der Waals surface area contributed by atoms with E-state index in [1.807, 2.05) is 46.2 Å². The molecule has 0 saturated carbocycles. The van der Waals surface area contributed by atoms with E-state index in [2.05, 4.69) is 76.9 Å². The second-order valence-electron chi connectivity index (χ2n) is 10.3. The highest BCUT2D eigenvalue weighted by molar-refractivity contribution is 5.65. The molecular weight excluding hydrogens is 444 g/mol. The summed E-state index contributed by atoms with van der Waals surface area (Å²) in [5, 5.41) is 3.40. The maximum Gasteiger partial charge on any atom is 0.182 e. The Labute approximate surface area is 215 Å². The Bertz CT molecular complexity index is 1250. The highest BCUT2D eigenvalue weighted by Gasteiger charge is 2.20. The van der Waals surface area contributed by atoms with Crippen LogP contribution in [0.3, 0.4) is 0 Å². The zero-order valence-electron chi connectivity index (χ0n) is 21.8. The second kappa shape index (κ2) is 10.8. The molecule has 2 aromatic heterocycles. The molecule has 5 heteroatoms. The van der Waals surface area contributed by atoms with Crippen LogP contribution in [0, 0.1) is 6.92 Å². The first-order valence-electron chi connectivity index (χ1n) is 12.4. The van der Waals surface area contributed by atoms with E-state index in [4.69, 9.17) is 9.72 Å². The Hall–Kier alpha value is -3.86. The van der Waals surface area contributed by atoms with Crippen molar-refractivity contribution in [3.05, 3.63) is 109 Å². The minimum atomic E-state index is -0.238. The molecule has 1 aliphatic rings. The highest BCUT2D eigenvalue weighted by atomic mass is 16.5. The van der Waals surface area contributed by atoms with Crippen molar-refractivity contribution in [2.45, 2.75) is 46.1 Å². The fraction of sp³-hybridized carbons (Fsp3) is 0.290. The minimum Gasteiger partial charge on any atom is -0.474 e. The number of pyridine rings is 2. The summed E-state index contributed by atoms with van der Waals surface area (Å²) in [4.78, 5) is 11.1. The van der Waals surface area contributed by atoms with Gasteiger partial charge in [-0.1, -0.05) is 36.9 Å². The summed E-state index contributed by atoms with van der Waals surface area (Å²) in [5.74, 6) is 0.728. The van der Waals surface area contributed by atoms with Crippen molar-refractivity contribution in [2.75, 3.05) is 18.4 Å². The molecule has 1 aliphatic heterocycles. The monoisotopic (exact) mass is 480 g/mol. The largest absolute Gasteiger partial charge is 0.474 e. The molecule has 36 heavy (non-hydrogen) atoms. The Balaban J connectivity index is 1.30. The third-order valence-electron chi connectivity index (χ3n) is 6.00. The lowest BCUT2D eigenvalue weighted by Gasteiger charge is -2.33. The van der Waals surface area contributed by atoms with Crippen LogP contribution in [-0.2, 0) is 11.2 Å². The fourth-order valence-electron chi connectivity index (χ4n) is 4.24. The number of rotatable bonds is 8. The van der Waals surface area contributed by atoms with Gasteiger partial charge in [-0.05, 0) is 87.2 Å². The van der Waals surface area contributed by atoms with Crippen molar-refractivity contribution in [1.82, 2.24) is 14.9 Å². The van der Waals surface area contributed by atoms with Gasteiger partial charge in [-0.2, -0.15) is 0 Å². The van der Waals surface area contributed by atoms with Gasteiger partial charge in [0, 0.05) is 37.1 Å². The quantitative estimate of drug-likeness (QED) is 0.352. The molecule has 0 aliphatic carbocycles.